The molecule has 7 heteroatoms. The van der Waals surface area contributed by atoms with Crippen LogP contribution in [0.5, 0.6) is 0 Å². The molecule has 2 N–H and O–H groups in total. The van der Waals surface area contributed by atoms with Gasteiger partial charge >= 0.3 is 0 Å². The zero-order valence-electron chi connectivity index (χ0n) is 10.5. The molecule has 1 aliphatic rings. The maximum Gasteiger partial charge on any atom is 0.256 e. The van der Waals surface area contributed by atoms with Crippen LogP contribution in [0.15, 0.2) is 18.2 Å². The molecular weight excluding hydrogens is 271 g/mol. The number of anilines is 1. The quantitative estimate of drug-likeness (QED) is 0.810. The van der Waals surface area contributed by atoms with Gasteiger partial charge in [-0.05, 0) is 24.6 Å². The molecule has 0 bridgehead atoms. The molecule has 1 fully saturated rings. The Morgan fingerprint density at radius 3 is 2.68 bits per heavy atom. The van der Waals surface area contributed by atoms with Gasteiger partial charge in [-0.3, -0.25) is 4.79 Å². The van der Waals surface area contributed by atoms with Crippen molar-refractivity contribution in [2.24, 2.45) is 0 Å². The van der Waals surface area contributed by atoms with E-state index >= 15 is 0 Å². The van der Waals surface area contributed by atoms with Crippen LogP contribution in [0.2, 0.25) is 0 Å². The molecule has 1 amide bonds. The minimum absolute atomic E-state index is 0.0637. The molecule has 0 aliphatic carbocycles. The van der Waals surface area contributed by atoms with Crippen LogP contribution in [0.25, 0.3) is 0 Å². The third kappa shape index (κ3) is 2.86. The molecule has 1 heterocycles. The number of rotatable bonds is 2. The molecule has 0 spiro atoms. The van der Waals surface area contributed by atoms with Gasteiger partial charge in [-0.15, -0.1) is 0 Å². The van der Waals surface area contributed by atoms with Gasteiger partial charge < -0.3 is 10.6 Å². The zero-order valence-corrected chi connectivity index (χ0v) is 11.3. The first-order chi connectivity index (χ1) is 8.80. The van der Waals surface area contributed by atoms with Crippen LogP contribution < -0.4 is 5.73 Å². The summed E-state index contributed by atoms with van der Waals surface area (Å²) in [5, 5.41) is 0. The number of hydrogen-bond donors (Lipinski definition) is 1. The van der Waals surface area contributed by atoms with Crippen LogP contribution in [0, 0.1) is 5.82 Å². The van der Waals surface area contributed by atoms with Gasteiger partial charge in [-0.25, -0.2) is 12.8 Å². The van der Waals surface area contributed by atoms with Crippen molar-refractivity contribution in [3.8, 4) is 0 Å². The van der Waals surface area contributed by atoms with Crippen LogP contribution >= 0.6 is 0 Å². The lowest BCUT2D eigenvalue weighted by molar-refractivity contribution is 0.0743. The van der Waals surface area contributed by atoms with E-state index in [1.807, 2.05) is 0 Å². The summed E-state index contributed by atoms with van der Waals surface area (Å²) in [5.41, 5.74) is 5.56. The van der Waals surface area contributed by atoms with Crippen molar-refractivity contribution in [3.63, 3.8) is 0 Å². The summed E-state index contributed by atoms with van der Waals surface area (Å²) in [5.74, 6) is -1.22. The van der Waals surface area contributed by atoms with Crippen molar-refractivity contribution in [1.82, 2.24) is 4.90 Å². The van der Waals surface area contributed by atoms with Gasteiger partial charge in [0, 0.05) is 18.8 Å². The maximum atomic E-state index is 13.7. The third-order valence-corrected chi connectivity index (χ3v) is 5.05. The number of carbonyl (C=O) groups excluding carboxylic acids is 1. The van der Waals surface area contributed by atoms with E-state index in [1.54, 1.807) is 0 Å². The van der Waals surface area contributed by atoms with Crippen molar-refractivity contribution in [2.45, 2.75) is 12.5 Å². The minimum Gasteiger partial charge on any atom is -0.399 e. The highest BCUT2D eigenvalue weighted by atomic mass is 32.2. The van der Waals surface area contributed by atoms with Crippen LogP contribution in [0.4, 0.5) is 10.1 Å². The molecule has 5 nitrogen and oxygen atoms in total. The van der Waals surface area contributed by atoms with Gasteiger partial charge in [0.2, 0.25) is 0 Å². The van der Waals surface area contributed by atoms with Gasteiger partial charge in [0.15, 0.2) is 9.84 Å². The van der Waals surface area contributed by atoms with Gasteiger partial charge in [-0.2, -0.15) is 0 Å². The Labute approximate surface area is 111 Å². The molecule has 0 radical (unpaired) electrons. The molecule has 1 aromatic carbocycles. The van der Waals surface area contributed by atoms with Crippen molar-refractivity contribution in [1.29, 1.82) is 0 Å². The Kier molecular flexibility index (Phi) is 3.49. The smallest absolute Gasteiger partial charge is 0.256 e. The predicted octanol–water partition coefficient (Wildman–Crippen LogP) is 0.667. The van der Waals surface area contributed by atoms with E-state index < -0.39 is 27.6 Å². The summed E-state index contributed by atoms with van der Waals surface area (Å²) in [7, 11) is -1.59. The molecular formula is C12H15FN2O3S. The lowest BCUT2D eigenvalue weighted by Crippen LogP contribution is -2.38. The van der Waals surface area contributed by atoms with Gasteiger partial charge in [0.05, 0.1) is 17.1 Å². The Morgan fingerprint density at radius 2 is 2.16 bits per heavy atom. The molecule has 19 heavy (non-hydrogen) atoms. The van der Waals surface area contributed by atoms with Crippen LogP contribution in [-0.2, 0) is 9.84 Å². The summed E-state index contributed by atoms with van der Waals surface area (Å²) in [6.07, 6.45) is 0.390. The SMILES string of the molecule is CN(C(=O)c1ccc(N)cc1F)C1CCS(=O)(=O)C1. The first-order valence-electron chi connectivity index (χ1n) is 5.83. The first-order valence-corrected chi connectivity index (χ1v) is 7.65. The monoisotopic (exact) mass is 286 g/mol. The second kappa shape index (κ2) is 4.80. The van der Waals surface area contributed by atoms with Crippen LogP contribution in [-0.4, -0.2) is 43.8 Å². The van der Waals surface area contributed by atoms with E-state index in [1.165, 1.54) is 24.1 Å². The standard InChI is InChI=1S/C12H15FN2O3S/c1-15(9-4-5-19(17,18)7-9)12(16)10-3-2-8(14)6-11(10)13/h2-3,6,9H,4-5,7,14H2,1H3. The number of nitrogen functional groups attached to an aromatic ring is 1. The molecule has 1 aromatic rings. The Morgan fingerprint density at radius 1 is 1.47 bits per heavy atom. The highest BCUT2D eigenvalue weighted by Gasteiger charge is 2.33. The summed E-state index contributed by atoms with van der Waals surface area (Å²) in [6.45, 7) is 0. The zero-order chi connectivity index (χ0) is 14.2. The minimum atomic E-state index is -3.08. The molecule has 1 atom stereocenters. The molecule has 0 saturated carbocycles. The number of benzene rings is 1. The fourth-order valence-corrected chi connectivity index (χ4v) is 3.92. The largest absolute Gasteiger partial charge is 0.399 e. The molecule has 2 rings (SSSR count). The highest BCUT2D eigenvalue weighted by Crippen LogP contribution is 2.20. The van der Waals surface area contributed by atoms with Gasteiger partial charge in [-0.1, -0.05) is 0 Å². The maximum absolute atomic E-state index is 13.7. The average molecular weight is 286 g/mol. The highest BCUT2D eigenvalue weighted by molar-refractivity contribution is 7.91. The number of carbonyl (C=O) groups is 1. The van der Waals surface area contributed by atoms with E-state index in [-0.39, 0.29) is 22.8 Å². The summed E-state index contributed by atoms with van der Waals surface area (Å²) in [4.78, 5) is 13.4. The van der Waals surface area contributed by atoms with E-state index in [4.69, 9.17) is 5.73 Å². The first kappa shape index (κ1) is 13.8. The number of sulfone groups is 1. The van der Waals surface area contributed by atoms with Crippen LogP contribution in [0.3, 0.4) is 0 Å². The Hall–Kier alpha value is -1.63. The number of nitrogens with zero attached hydrogens (tertiary/aromatic N) is 1. The fourth-order valence-electron chi connectivity index (χ4n) is 2.14. The molecule has 1 aliphatic heterocycles. The third-order valence-electron chi connectivity index (χ3n) is 3.30. The second-order valence-corrected chi connectivity index (χ2v) is 6.94. The van der Waals surface area contributed by atoms with Crippen molar-refractivity contribution in [2.75, 3.05) is 24.3 Å². The van der Waals surface area contributed by atoms with E-state index in [0.29, 0.717) is 6.42 Å². The summed E-state index contributed by atoms with van der Waals surface area (Å²) >= 11 is 0. The number of amides is 1. The van der Waals surface area contributed by atoms with Crippen LogP contribution in [0.1, 0.15) is 16.8 Å². The Bertz CT molecular complexity index is 615. The van der Waals surface area contributed by atoms with Crippen molar-refractivity contribution < 1.29 is 17.6 Å². The van der Waals surface area contributed by atoms with Crippen molar-refractivity contribution >= 4 is 21.4 Å². The number of hydrogen-bond acceptors (Lipinski definition) is 4. The van der Waals surface area contributed by atoms with E-state index in [0.717, 1.165) is 6.07 Å². The van der Waals surface area contributed by atoms with Gasteiger partial charge in [0.25, 0.3) is 5.91 Å². The summed E-state index contributed by atoms with van der Waals surface area (Å²) in [6, 6.07) is 3.43. The van der Waals surface area contributed by atoms with E-state index in [2.05, 4.69) is 0 Å². The Balaban J connectivity index is 2.20. The lowest BCUT2D eigenvalue weighted by Gasteiger charge is -2.23. The topological polar surface area (TPSA) is 80.5 Å². The summed E-state index contributed by atoms with van der Waals surface area (Å²) < 4.78 is 36.4. The molecule has 0 aromatic heterocycles. The second-order valence-electron chi connectivity index (χ2n) is 4.71. The number of nitrogens with two attached hydrogens (primary N) is 1. The predicted molar refractivity (Wildman–Crippen MR) is 70.0 cm³/mol. The average Bonchev–Trinajstić information content (AvgIpc) is 2.68. The molecule has 104 valence electrons. The normalized spacial score (nSPS) is 21.3. The molecule has 1 saturated heterocycles. The van der Waals surface area contributed by atoms with E-state index in [9.17, 15) is 17.6 Å². The molecule has 1 unspecified atom stereocenters. The fraction of sp³-hybridized carbons (Fsp3) is 0.417. The number of halogens is 1. The lowest BCUT2D eigenvalue weighted by atomic mass is 10.1. The van der Waals surface area contributed by atoms with Crippen molar-refractivity contribution in [3.05, 3.63) is 29.6 Å². The van der Waals surface area contributed by atoms with Gasteiger partial charge in [0.1, 0.15) is 5.82 Å².